The molecule has 0 aliphatic rings. The van der Waals surface area contributed by atoms with Crippen LogP contribution < -0.4 is 0 Å². The second-order valence-corrected chi connectivity index (χ2v) is 3.83. The van der Waals surface area contributed by atoms with Crippen LogP contribution in [0.4, 0.5) is 8.78 Å². The Labute approximate surface area is 91.3 Å². The number of rotatable bonds is 4. The van der Waals surface area contributed by atoms with Gasteiger partial charge in [-0.05, 0) is 18.6 Å². The van der Waals surface area contributed by atoms with Gasteiger partial charge in [0.15, 0.2) is 0 Å². The van der Waals surface area contributed by atoms with Crippen molar-refractivity contribution in [1.82, 2.24) is 0 Å². The lowest BCUT2D eigenvalue weighted by atomic mass is 9.91. The Hall–Kier alpha value is -1.49. The molecule has 1 aromatic rings. The van der Waals surface area contributed by atoms with E-state index in [9.17, 15) is 18.7 Å². The zero-order valence-corrected chi connectivity index (χ0v) is 8.65. The highest BCUT2D eigenvalue weighted by Crippen LogP contribution is 2.21. The summed E-state index contributed by atoms with van der Waals surface area (Å²) in [6, 6.07) is 5.53. The van der Waals surface area contributed by atoms with E-state index in [1.165, 1.54) is 24.3 Å². The molecule has 2 unspecified atom stereocenters. The average Bonchev–Trinajstić information content (AvgIpc) is 2.20. The molecule has 0 saturated carbocycles. The van der Waals surface area contributed by atoms with Crippen molar-refractivity contribution in [3.63, 3.8) is 0 Å². The molecule has 2 N–H and O–H groups in total. The lowest BCUT2D eigenvalue weighted by Crippen LogP contribution is -2.43. The van der Waals surface area contributed by atoms with Crippen LogP contribution in [0.1, 0.15) is 12.5 Å². The van der Waals surface area contributed by atoms with Crippen molar-refractivity contribution in [2.75, 3.05) is 0 Å². The van der Waals surface area contributed by atoms with Crippen LogP contribution in [0.25, 0.3) is 0 Å². The topological polar surface area (TPSA) is 57.5 Å². The van der Waals surface area contributed by atoms with Crippen LogP contribution in [-0.2, 0) is 11.2 Å². The average molecular weight is 230 g/mol. The van der Waals surface area contributed by atoms with E-state index in [0.717, 1.165) is 6.92 Å². The number of carboxylic acids is 1. The van der Waals surface area contributed by atoms with Gasteiger partial charge in [0.05, 0.1) is 0 Å². The molecule has 16 heavy (non-hydrogen) atoms. The first-order valence-corrected chi connectivity index (χ1v) is 4.67. The molecule has 0 aliphatic carbocycles. The van der Waals surface area contributed by atoms with Crippen molar-refractivity contribution in [3.8, 4) is 0 Å². The zero-order valence-electron chi connectivity index (χ0n) is 8.65. The molecule has 0 bridgehead atoms. The standard InChI is InChI=1S/C11H12F2O3/c1-11(16,9(13)10(14)15)6-7-4-2-3-5-8(7)12/h2-5,9,16H,6H2,1H3,(H,14,15). The molecule has 88 valence electrons. The molecule has 0 spiro atoms. The summed E-state index contributed by atoms with van der Waals surface area (Å²) in [5.74, 6) is -2.36. The van der Waals surface area contributed by atoms with Crippen molar-refractivity contribution in [2.45, 2.75) is 25.1 Å². The van der Waals surface area contributed by atoms with Gasteiger partial charge in [-0.25, -0.2) is 13.6 Å². The van der Waals surface area contributed by atoms with Crippen molar-refractivity contribution < 1.29 is 23.8 Å². The van der Waals surface area contributed by atoms with E-state index in [1.54, 1.807) is 0 Å². The van der Waals surface area contributed by atoms with Gasteiger partial charge in [-0.15, -0.1) is 0 Å². The van der Waals surface area contributed by atoms with Crippen LogP contribution in [0, 0.1) is 5.82 Å². The van der Waals surface area contributed by atoms with E-state index < -0.39 is 30.0 Å². The number of alkyl halides is 1. The third kappa shape index (κ3) is 2.76. The van der Waals surface area contributed by atoms with Gasteiger partial charge in [-0.2, -0.15) is 0 Å². The Morgan fingerprint density at radius 1 is 1.50 bits per heavy atom. The molecule has 0 aromatic heterocycles. The van der Waals surface area contributed by atoms with Crippen molar-refractivity contribution >= 4 is 5.97 Å². The highest BCUT2D eigenvalue weighted by atomic mass is 19.1. The van der Waals surface area contributed by atoms with Gasteiger partial charge < -0.3 is 10.2 Å². The molecule has 0 saturated heterocycles. The fourth-order valence-electron chi connectivity index (χ4n) is 1.38. The summed E-state index contributed by atoms with van der Waals surface area (Å²) in [4.78, 5) is 10.4. The lowest BCUT2D eigenvalue weighted by Gasteiger charge is -2.24. The second-order valence-electron chi connectivity index (χ2n) is 3.83. The summed E-state index contributed by atoms with van der Waals surface area (Å²) in [6.07, 6.45) is -2.85. The monoisotopic (exact) mass is 230 g/mol. The highest BCUT2D eigenvalue weighted by molar-refractivity contribution is 5.73. The van der Waals surface area contributed by atoms with Crippen molar-refractivity contribution in [1.29, 1.82) is 0 Å². The molecule has 0 amide bonds. The summed E-state index contributed by atoms with van der Waals surface area (Å²) in [6.45, 7) is 1.03. The van der Waals surface area contributed by atoms with E-state index in [4.69, 9.17) is 5.11 Å². The molecule has 0 radical (unpaired) electrons. The van der Waals surface area contributed by atoms with Gasteiger partial charge in [0.2, 0.25) is 6.17 Å². The van der Waals surface area contributed by atoms with E-state index >= 15 is 0 Å². The molecule has 1 aromatic carbocycles. The molecule has 1 rings (SSSR count). The maximum atomic E-state index is 13.2. The van der Waals surface area contributed by atoms with Crippen LogP contribution in [0.15, 0.2) is 24.3 Å². The fraction of sp³-hybridized carbons (Fsp3) is 0.364. The molecule has 0 aliphatic heterocycles. The predicted octanol–water partition coefficient (Wildman–Crippen LogP) is 1.54. The minimum absolute atomic E-state index is 0.0800. The number of carboxylic acid groups (broad SMARTS) is 1. The van der Waals surface area contributed by atoms with Crippen molar-refractivity contribution in [2.24, 2.45) is 0 Å². The number of hydrogen-bond donors (Lipinski definition) is 2. The maximum Gasteiger partial charge on any atom is 0.341 e. The van der Waals surface area contributed by atoms with Gasteiger partial charge in [-0.1, -0.05) is 18.2 Å². The Bertz CT molecular complexity index is 391. The van der Waals surface area contributed by atoms with Crippen LogP contribution in [-0.4, -0.2) is 28.0 Å². The Morgan fingerprint density at radius 3 is 2.56 bits per heavy atom. The molecule has 0 fully saturated rings. The minimum atomic E-state index is -2.45. The van der Waals surface area contributed by atoms with Crippen molar-refractivity contribution in [3.05, 3.63) is 35.6 Å². The fourth-order valence-corrected chi connectivity index (χ4v) is 1.38. The van der Waals surface area contributed by atoms with Crippen LogP contribution >= 0.6 is 0 Å². The number of aliphatic hydroxyl groups is 1. The molecular formula is C11H12F2O3. The summed E-state index contributed by atoms with van der Waals surface area (Å²) < 4.78 is 26.4. The SMILES string of the molecule is CC(O)(Cc1ccccc1F)C(F)C(=O)O. The lowest BCUT2D eigenvalue weighted by molar-refractivity contribution is -0.152. The maximum absolute atomic E-state index is 13.2. The van der Waals surface area contributed by atoms with Gasteiger partial charge in [0.25, 0.3) is 0 Å². The normalized spacial score (nSPS) is 16.5. The second kappa shape index (κ2) is 4.57. The van der Waals surface area contributed by atoms with E-state index in [-0.39, 0.29) is 5.56 Å². The highest BCUT2D eigenvalue weighted by Gasteiger charge is 2.38. The zero-order chi connectivity index (χ0) is 12.3. The van der Waals surface area contributed by atoms with E-state index in [0.29, 0.717) is 0 Å². The minimum Gasteiger partial charge on any atom is -0.479 e. The summed E-state index contributed by atoms with van der Waals surface area (Å²) in [5, 5.41) is 18.0. The first-order chi connectivity index (χ1) is 7.34. The molecule has 5 heteroatoms. The largest absolute Gasteiger partial charge is 0.479 e. The third-order valence-corrected chi connectivity index (χ3v) is 2.27. The van der Waals surface area contributed by atoms with E-state index in [2.05, 4.69) is 0 Å². The Balaban J connectivity index is 2.88. The first-order valence-electron chi connectivity index (χ1n) is 4.67. The first kappa shape index (κ1) is 12.6. The number of benzene rings is 1. The number of aliphatic carboxylic acids is 1. The quantitative estimate of drug-likeness (QED) is 0.824. The predicted molar refractivity (Wildman–Crippen MR) is 53.3 cm³/mol. The molecule has 0 heterocycles. The smallest absolute Gasteiger partial charge is 0.341 e. The Kier molecular flexibility index (Phi) is 3.59. The number of hydrogen-bond acceptors (Lipinski definition) is 2. The van der Waals surface area contributed by atoms with Crippen LogP contribution in [0.3, 0.4) is 0 Å². The van der Waals surface area contributed by atoms with Gasteiger partial charge in [0.1, 0.15) is 11.4 Å². The Morgan fingerprint density at radius 2 is 2.06 bits per heavy atom. The molecule has 2 atom stereocenters. The summed E-state index contributed by atoms with van der Waals surface area (Å²) in [5.41, 5.74) is -2.05. The van der Waals surface area contributed by atoms with E-state index in [1.807, 2.05) is 0 Å². The van der Waals surface area contributed by atoms with Crippen LogP contribution in [0.2, 0.25) is 0 Å². The van der Waals surface area contributed by atoms with Gasteiger partial charge >= 0.3 is 5.97 Å². The third-order valence-electron chi connectivity index (χ3n) is 2.27. The van der Waals surface area contributed by atoms with Crippen LogP contribution in [0.5, 0.6) is 0 Å². The molecule has 3 nitrogen and oxygen atoms in total. The van der Waals surface area contributed by atoms with Gasteiger partial charge in [0, 0.05) is 6.42 Å². The van der Waals surface area contributed by atoms with Gasteiger partial charge in [-0.3, -0.25) is 0 Å². The number of halogens is 2. The number of carbonyl (C=O) groups is 1. The summed E-state index contributed by atoms with van der Waals surface area (Å²) >= 11 is 0. The molecular weight excluding hydrogens is 218 g/mol. The summed E-state index contributed by atoms with van der Waals surface area (Å²) in [7, 11) is 0.